The third kappa shape index (κ3) is 4.59. The third-order valence-electron chi connectivity index (χ3n) is 4.93. The van der Waals surface area contributed by atoms with E-state index in [2.05, 4.69) is 54.6 Å². The minimum Gasteiger partial charge on any atom is -0.488 e. The van der Waals surface area contributed by atoms with Crippen LogP contribution in [-0.2, 0) is 11.2 Å². The highest BCUT2D eigenvalue weighted by Crippen LogP contribution is 2.20. The number of hydrogen-bond donors (Lipinski definition) is 0. The highest BCUT2D eigenvalue weighted by Gasteiger charge is 2.31. The van der Waals surface area contributed by atoms with Gasteiger partial charge in [0.25, 0.3) is 0 Å². The summed E-state index contributed by atoms with van der Waals surface area (Å²) in [5.41, 5.74) is 2.65. The smallest absolute Gasteiger partial charge is 0.182 e. The molecule has 1 saturated heterocycles. The quantitative estimate of drug-likeness (QED) is 0.686. The molecule has 1 aliphatic rings. The summed E-state index contributed by atoms with van der Waals surface area (Å²) in [5, 5.41) is 0. The number of quaternary nitrogens is 1. The van der Waals surface area contributed by atoms with Crippen LogP contribution in [0.25, 0.3) is 0 Å². The molecule has 0 aliphatic carbocycles. The van der Waals surface area contributed by atoms with E-state index >= 15 is 0 Å². The number of methoxy groups -OCH3 is 1. The monoisotopic (exact) mass is 326 g/mol. The van der Waals surface area contributed by atoms with Crippen LogP contribution in [0.3, 0.4) is 0 Å². The largest absolute Gasteiger partial charge is 0.488 e. The normalized spacial score (nSPS) is 16.2. The second-order valence-corrected chi connectivity index (χ2v) is 6.79. The van der Waals surface area contributed by atoms with E-state index in [4.69, 9.17) is 9.47 Å². The average molecular weight is 326 g/mol. The first-order valence-corrected chi connectivity index (χ1v) is 8.89. The highest BCUT2D eigenvalue weighted by atomic mass is 16.5. The summed E-state index contributed by atoms with van der Waals surface area (Å²) in [6.07, 6.45) is 3.57. The maximum absolute atomic E-state index is 5.97. The van der Waals surface area contributed by atoms with Crippen LogP contribution in [0.2, 0.25) is 0 Å². The number of ether oxygens (including phenoxy) is 2. The van der Waals surface area contributed by atoms with Crippen molar-refractivity contribution in [2.75, 3.05) is 40.1 Å². The minimum atomic E-state index is 0.751. The molecular formula is C21H28NO2+. The first kappa shape index (κ1) is 17.0. The second-order valence-electron chi connectivity index (χ2n) is 6.79. The summed E-state index contributed by atoms with van der Waals surface area (Å²) in [6.45, 7) is 5.01. The molecule has 0 amide bonds. The Balaban J connectivity index is 1.49. The van der Waals surface area contributed by atoms with E-state index in [1.54, 1.807) is 7.11 Å². The van der Waals surface area contributed by atoms with Crippen LogP contribution in [0.5, 0.6) is 5.75 Å². The molecule has 2 aromatic carbocycles. The first-order chi connectivity index (χ1) is 11.8. The summed E-state index contributed by atoms with van der Waals surface area (Å²) in [4.78, 5) is 0. The molecule has 1 fully saturated rings. The van der Waals surface area contributed by atoms with Crippen molar-refractivity contribution in [1.82, 2.24) is 0 Å². The number of nitrogens with zero attached hydrogens (tertiary/aromatic N) is 1. The zero-order valence-corrected chi connectivity index (χ0v) is 14.6. The van der Waals surface area contributed by atoms with Crippen LogP contribution in [0.15, 0.2) is 54.6 Å². The van der Waals surface area contributed by atoms with Gasteiger partial charge in [-0.05, 0) is 29.7 Å². The molecule has 3 rings (SSSR count). The topological polar surface area (TPSA) is 18.5 Å². The molecule has 0 bridgehead atoms. The van der Waals surface area contributed by atoms with Gasteiger partial charge in [0, 0.05) is 20.0 Å². The van der Waals surface area contributed by atoms with E-state index in [-0.39, 0.29) is 0 Å². The maximum atomic E-state index is 5.97. The van der Waals surface area contributed by atoms with Crippen LogP contribution in [0.4, 0.5) is 0 Å². The molecule has 3 heteroatoms. The van der Waals surface area contributed by atoms with Crippen molar-refractivity contribution < 1.29 is 14.0 Å². The Morgan fingerprint density at radius 3 is 2.21 bits per heavy atom. The summed E-state index contributed by atoms with van der Waals surface area (Å²) >= 11 is 0. The standard InChI is InChI=1S/C21H28NO2/c1-23-18-22(13-5-6-14-22)15-16-24-21-11-9-20(10-12-21)17-19-7-3-2-4-8-19/h2-4,7-12H,5-6,13-18H2,1H3/q+1. The fourth-order valence-electron chi connectivity index (χ4n) is 3.59. The van der Waals surface area contributed by atoms with E-state index in [1.807, 2.05) is 0 Å². The van der Waals surface area contributed by atoms with Gasteiger partial charge in [-0.15, -0.1) is 0 Å². The number of hydrogen-bond acceptors (Lipinski definition) is 2. The van der Waals surface area contributed by atoms with Crippen molar-refractivity contribution in [1.29, 1.82) is 0 Å². The van der Waals surface area contributed by atoms with Crippen LogP contribution in [0.1, 0.15) is 24.0 Å². The molecule has 0 radical (unpaired) electrons. The molecule has 0 N–H and O–H groups in total. The van der Waals surface area contributed by atoms with E-state index in [0.29, 0.717) is 0 Å². The van der Waals surface area contributed by atoms with Gasteiger partial charge in [-0.1, -0.05) is 42.5 Å². The van der Waals surface area contributed by atoms with Crippen molar-refractivity contribution >= 4 is 0 Å². The van der Waals surface area contributed by atoms with Gasteiger partial charge in [0.1, 0.15) is 18.9 Å². The Morgan fingerprint density at radius 1 is 0.875 bits per heavy atom. The van der Waals surface area contributed by atoms with E-state index in [9.17, 15) is 0 Å². The Bertz CT molecular complexity index is 603. The zero-order chi connectivity index (χ0) is 16.7. The molecule has 128 valence electrons. The number of benzene rings is 2. The molecule has 0 atom stereocenters. The lowest BCUT2D eigenvalue weighted by Gasteiger charge is -2.32. The molecule has 1 heterocycles. The Labute approximate surface area is 145 Å². The fraction of sp³-hybridized carbons (Fsp3) is 0.429. The minimum absolute atomic E-state index is 0.751. The molecule has 3 nitrogen and oxygen atoms in total. The summed E-state index contributed by atoms with van der Waals surface area (Å²) in [5.74, 6) is 0.960. The SMILES string of the molecule is COC[N+]1(CCOc2ccc(Cc3ccccc3)cc2)CCCC1. The van der Waals surface area contributed by atoms with Crippen LogP contribution in [0, 0.1) is 0 Å². The molecular weight excluding hydrogens is 298 g/mol. The second kappa shape index (κ2) is 8.32. The van der Waals surface area contributed by atoms with Crippen LogP contribution in [-0.4, -0.2) is 44.6 Å². The van der Waals surface area contributed by atoms with E-state index < -0.39 is 0 Å². The Hall–Kier alpha value is -1.84. The summed E-state index contributed by atoms with van der Waals surface area (Å²) < 4.78 is 12.4. The fourth-order valence-corrected chi connectivity index (χ4v) is 3.59. The van der Waals surface area contributed by atoms with Gasteiger partial charge in [0.05, 0.1) is 13.1 Å². The summed E-state index contributed by atoms with van der Waals surface area (Å²) in [7, 11) is 1.80. The Kier molecular flexibility index (Phi) is 5.89. The van der Waals surface area contributed by atoms with Crippen molar-refractivity contribution in [3.63, 3.8) is 0 Å². The van der Waals surface area contributed by atoms with Gasteiger partial charge in [-0.2, -0.15) is 0 Å². The molecule has 0 saturated carbocycles. The molecule has 24 heavy (non-hydrogen) atoms. The molecule has 0 unspecified atom stereocenters. The van der Waals surface area contributed by atoms with Gasteiger partial charge in [-0.25, -0.2) is 0 Å². The van der Waals surface area contributed by atoms with E-state index in [0.717, 1.165) is 36.5 Å². The van der Waals surface area contributed by atoms with Gasteiger partial charge < -0.3 is 9.47 Å². The molecule has 1 aliphatic heterocycles. The molecule has 0 aromatic heterocycles. The number of rotatable bonds is 8. The predicted octanol–water partition coefficient (Wildman–Crippen LogP) is 3.87. The van der Waals surface area contributed by atoms with Crippen molar-refractivity contribution in [2.45, 2.75) is 19.3 Å². The van der Waals surface area contributed by atoms with Gasteiger partial charge in [0.15, 0.2) is 6.73 Å². The number of likely N-dealkylation sites (tertiary alicyclic amines) is 1. The first-order valence-electron chi connectivity index (χ1n) is 8.89. The molecule has 2 aromatic rings. The van der Waals surface area contributed by atoms with Gasteiger partial charge >= 0.3 is 0 Å². The lowest BCUT2D eigenvalue weighted by Crippen LogP contribution is -2.49. The highest BCUT2D eigenvalue weighted by molar-refractivity contribution is 5.31. The van der Waals surface area contributed by atoms with E-state index in [1.165, 1.54) is 37.1 Å². The van der Waals surface area contributed by atoms with Gasteiger partial charge in [-0.3, -0.25) is 4.48 Å². The van der Waals surface area contributed by atoms with Crippen LogP contribution < -0.4 is 4.74 Å². The van der Waals surface area contributed by atoms with Crippen molar-refractivity contribution in [3.8, 4) is 5.75 Å². The Morgan fingerprint density at radius 2 is 1.54 bits per heavy atom. The molecule has 0 spiro atoms. The predicted molar refractivity (Wildman–Crippen MR) is 97.2 cm³/mol. The average Bonchev–Trinajstić information content (AvgIpc) is 3.06. The van der Waals surface area contributed by atoms with Crippen molar-refractivity contribution in [2.24, 2.45) is 0 Å². The maximum Gasteiger partial charge on any atom is 0.182 e. The zero-order valence-electron chi connectivity index (χ0n) is 14.6. The summed E-state index contributed by atoms with van der Waals surface area (Å²) in [6, 6.07) is 19.1. The van der Waals surface area contributed by atoms with Gasteiger partial charge in [0.2, 0.25) is 0 Å². The van der Waals surface area contributed by atoms with Crippen LogP contribution >= 0.6 is 0 Å². The third-order valence-corrected chi connectivity index (χ3v) is 4.93. The van der Waals surface area contributed by atoms with Crippen molar-refractivity contribution in [3.05, 3.63) is 65.7 Å². The lowest BCUT2D eigenvalue weighted by molar-refractivity contribution is -0.934. The lowest BCUT2D eigenvalue weighted by atomic mass is 10.1.